The van der Waals surface area contributed by atoms with E-state index in [0.717, 1.165) is 55.1 Å². The Kier molecular flexibility index (Phi) is 4.13. The molecule has 0 radical (unpaired) electrons. The van der Waals surface area contributed by atoms with Crippen LogP contribution in [0.3, 0.4) is 0 Å². The molecule has 1 aliphatic heterocycles. The summed E-state index contributed by atoms with van der Waals surface area (Å²) >= 11 is 5.93. The predicted molar refractivity (Wildman–Crippen MR) is 79.8 cm³/mol. The van der Waals surface area contributed by atoms with Gasteiger partial charge in [-0.25, -0.2) is 4.98 Å². The summed E-state index contributed by atoms with van der Waals surface area (Å²) in [5.74, 6) is 2.41. The zero-order valence-corrected chi connectivity index (χ0v) is 12.4. The quantitative estimate of drug-likeness (QED) is 0.813. The third-order valence-electron chi connectivity index (χ3n) is 3.80. The van der Waals surface area contributed by atoms with E-state index in [4.69, 9.17) is 26.1 Å². The first-order chi connectivity index (χ1) is 9.85. The second-order valence-corrected chi connectivity index (χ2v) is 5.41. The van der Waals surface area contributed by atoms with Crippen LogP contribution in [0.15, 0.2) is 18.2 Å². The number of alkyl halides is 1. The van der Waals surface area contributed by atoms with E-state index in [-0.39, 0.29) is 0 Å². The van der Waals surface area contributed by atoms with E-state index in [1.165, 1.54) is 0 Å². The average molecular weight is 295 g/mol. The minimum absolute atomic E-state index is 0.346. The zero-order chi connectivity index (χ0) is 13.9. The van der Waals surface area contributed by atoms with Crippen molar-refractivity contribution in [1.82, 2.24) is 9.55 Å². The number of hydrogen-bond donors (Lipinski definition) is 0. The predicted octanol–water partition coefficient (Wildman–Crippen LogP) is 3.18. The van der Waals surface area contributed by atoms with Gasteiger partial charge in [0.2, 0.25) is 0 Å². The number of hydrogen-bond acceptors (Lipinski definition) is 3. The van der Waals surface area contributed by atoms with Crippen molar-refractivity contribution in [3.05, 3.63) is 24.0 Å². The molecule has 108 valence electrons. The lowest BCUT2D eigenvalue weighted by Crippen LogP contribution is -2.23. The lowest BCUT2D eigenvalue weighted by atomic mass is 10.1. The summed E-state index contributed by atoms with van der Waals surface area (Å²) in [6, 6.07) is 6.39. The highest BCUT2D eigenvalue weighted by Gasteiger charge is 2.22. The van der Waals surface area contributed by atoms with E-state index in [9.17, 15) is 0 Å². The summed E-state index contributed by atoms with van der Waals surface area (Å²) < 4.78 is 13.3. The molecule has 0 spiro atoms. The van der Waals surface area contributed by atoms with Crippen LogP contribution in [0.25, 0.3) is 11.0 Å². The second-order valence-electron chi connectivity index (χ2n) is 5.04. The molecule has 0 amide bonds. The molecular weight excluding hydrogens is 276 g/mol. The molecule has 0 saturated carbocycles. The highest BCUT2D eigenvalue weighted by atomic mass is 35.5. The Bertz CT molecular complexity index is 591. The molecule has 0 aliphatic carbocycles. The van der Waals surface area contributed by atoms with Crippen LogP contribution < -0.4 is 4.74 Å². The first-order valence-corrected chi connectivity index (χ1v) is 7.56. The van der Waals surface area contributed by atoms with Crippen LogP contribution >= 0.6 is 11.6 Å². The van der Waals surface area contributed by atoms with Gasteiger partial charge in [-0.3, -0.25) is 0 Å². The summed E-state index contributed by atoms with van der Waals surface area (Å²) in [6.07, 6.45) is 2.97. The van der Waals surface area contributed by atoms with Crippen molar-refractivity contribution in [2.75, 3.05) is 26.2 Å². The molecule has 1 saturated heterocycles. The number of aromatic nitrogens is 2. The van der Waals surface area contributed by atoms with Crippen LogP contribution in [0.2, 0.25) is 0 Å². The average Bonchev–Trinajstić information content (AvgIpc) is 2.86. The van der Waals surface area contributed by atoms with Crippen LogP contribution in [0.1, 0.15) is 24.7 Å². The van der Waals surface area contributed by atoms with Crippen molar-refractivity contribution in [2.45, 2.75) is 25.3 Å². The standard InChI is InChI=1S/C15H19ClN2O2/c1-19-13-6-2-5-12-15(13)17-14(7-8-16)18(12)11-4-3-9-20-10-11/h2,5-6,11H,3-4,7-10H2,1H3. The number of rotatable bonds is 4. The van der Waals surface area contributed by atoms with Crippen LogP contribution in [-0.4, -0.2) is 35.8 Å². The van der Waals surface area contributed by atoms with E-state index in [1.807, 2.05) is 12.1 Å². The molecule has 3 rings (SSSR count). The van der Waals surface area contributed by atoms with Gasteiger partial charge in [-0.1, -0.05) is 6.07 Å². The summed E-state index contributed by atoms with van der Waals surface area (Å²) in [5, 5.41) is 0. The Hall–Kier alpha value is -1.26. The van der Waals surface area contributed by atoms with Crippen molar-refractivity contribution in [3.63, 3.8) is 0 Å². The fourth-order valence-electron chi connectivity index (χ4n) is 2.90. The molecule has 1 atom stereocenters. The van der Waals surface area contributed by atoms with Gasteiger partial charge in [-0.15, -0.1) is 11.6 Å². The SMILES string of the molecule is COc1cccc2c1nc(CCCl)n2C1CCCOC1. The second kappa shape index (κ2) is 6.02. The molecule has 1 aromatic carbocycles. The smallest absolute Gasteiger partial charge is 0.146 e. The van der Waals surface area contributed by atoms with Gasteiger partial charge in [0.05, 0.1) is 25.3 Å². The minimum Gasteiger partial charge on any atom is -0.494 e. The Balaban J connectivity index is 2.13. The number of halogens is 1. The Morgan fingerprint density at radius 1 is 1.50 bits per heavy atom. The molecule has 0 bridgehead atoms. The van der Waals surface area contributed by atoms with E-state index in [2.05, 4.69) is 10.6 Å². The molecule has 20 heavy (non-hydrogen) atoms. The number of imidazole rings is 1. The number of nitrogens with zero attached hydrogens (tertiary/aromatic N) is 2. The highest BCUT2D eigenvalue weighted by Crippen LogP contribution is 2.31. The van der Waals surface area contributed by atoms with E-state index in [0.29, 0.717) is 11.9 Å². The maximum Gasteiger partial charge on any atom is 0.146 e. The summed E-state index contributed by atoms with van der Waals surface area (Å²) in [5.41, 5.74) is 2.03. The number of ether oxygens (including phenoxy) is 2. The van der Waals surface area contributed by atoms with Crippen molar-refractivity contribution in [3.8, 4) is 5.75 Å². The van der Waals surface area contributed by atoms with E-state index < -0.39 is 0 Å². The van der Waals surface area contributed by atoms with Crippen molar-refractivity contribution in [1.29, 1.82) is 0 Å². The van der Waals surface area contributed by atoms with Crippen LogP contribution in [0, 0.1) is 0 Å². The van der Waals surface area contributed by atoms with Gasteiger partial charge in [0.25, 0.3) is 0 Å². The van der Waals surface area contributed by atoms with Gasteiger partial charge < -0.3 is 14.0 Å². The lowest BCUT2D eigenvalue weighted by molar-refractivity contribution is 0.0596. The molecule has 0 N–H and O–H groups in total. The third-order valence-corrected chi connectivity index (χ3v) is 3.98. The molecule has 2 heterocycles. The lowest BCUT2D eigenvalue weighted by Gasteiger charge is -2.25. The fourth-order valence-corrected chi connectivity index (χ4v) is 3.07. The summed E-state index contributed by atoms with van der Waals surface area (Å²) in [6.45, 7) is 1.61. The topological polar surface area (TPSA) is 36.3 Å². The third kappa shape index (κ3) is 2.38. The van der Waals surface area contributed by atoms with Crippen molar-refractivity contribution >= 4 is 22.6 Å². The highest BCUT2D eigenvalue weighted by molar-refractivity contribution is 6.17. The Morgan fingerprint density at radius 3 is 3.10 bits per heavy atom. The van der Waals surface area contributed by atoms with E-state index in [1.54, 1.807) is 7.11 Å². The monoisotopic (exact) mass is 294 g/mol. The Labute approximate surface area is 123 Å². The van der Waals surface area contributed by atoms with Crippen LogP contribution in [0.5, 0.6) is 5.75 Å². The number of fused-ring (bicyclic) bond motifs is 1. The maximum atomic E-state index is 5.93. The molecule has 5 heteroatoms. The number of aryl methyl sites for hydroxylation is 1. The fraction of sp³-hybridized carbons (Fsp3) is 0.533. The van der Waals surface area contributed by atoms with Crippen LogP contribution in [0.4, 0.5) is 0 Å². The van der Waals surface area contributed by atoms with Crippen molar-refractivity contribution < 1.29 is 9.47 Å². The van der Waals surface area contributed by atoms with Gasteiger partial charge in [0.1, 0.15) is 17.1 Å². The van der Waals surface area contributed by atoms with Gasteiger partial charge in [-0.2, -0.15) is 0 Å². The largest absolute Gasteiger partial charge is 0.494 e. The molecular formula is C15H19ClN2O2. The normalized spacial score (nSPS) is 19.4. The first kappa shape index (κ1) is 13.7. The molecule has 1 aliphatic rings. The molecule has 1 aromatic heterocycles. The molecule has 1 fully saturated rings. The Morgan fingerprint density at radius 2 is 2.40 bits per heavy atom. The van der Waals surface area contributed by atoms with Crippen molar-refractivity contribution in [2.24, 2.45) is 0 Å². The van der Waals surface area contributed by atoms with Crippen LogP contribution in [-0.2, 0) is 11.2 Å². The summed E-state index contributed by atoms with van der Waals surface area (Å²) in [7, 11) is 1.68. The summed E-state index contributed by atoms with van der Waals surface area (Å²) in [4.78, 5) is 4.75. The number of benzene rings is 1. The zero-order valence-electron chi connectivity index (χ0n) is 11.6. The number of para-hydroxylation sites is 1. The van der Waals surface area contributed by atoms with Gasteiger partial charge in [0, 0.05) is 18.9 Å². The first-order valence-electron chi connectivity index (χ1n) is 7.02. The van der Waals surface area contributed by atoms with Gasteiger partial charge >= 0.3 is 0 Å². The molecule has 2 aromatic rings. The maximum absolute atomic E-state index is 5.93. The molecule has 1 unspecified atom stereocenters. The minimum atomic E-state index is 0.346. The number of methoxy groups -OCH3 is 1. The van der Waals surface area contributed by atoms with Gasteiger partial charge in [-0.05, 0) is 25.0 Å². The van der Waals surface area contributed by atoms with Gasteiger partial charge in [0.15, 0.2) is 0 Å². The molecule has 4 nitrogen and oxygen atoms in total. The van der Waals surface area contributed by atoms with E-state index >= 15 is 0 Å².